The highest BCUT2D eigenvalue weighted by Crippen LogP contribution is 2.66. The minimum Gasteiger partial charge on any atom is -0.448 e. The summed E-state index contributed by atoms with van der Waals surface area (Å²) in [6.07, 6.45) is 3.79. The van der Waals surface area contributed by atoms with Crippen molar-refractivity contribution in [3.8, 4) is 0 Å². The third kappa shape index (κ3) is 3.89. The summed E-state index contributed by atoms with van der Waals surface area (Å²) < 4.78 is 11.4. The second-order valence-electron chi connectivity index (χ2n) is 8.35. The monoisotopic (exact) mass is 360 g/mol. The number of benzene rings is 1. The third-order valence-electron chi connectivity index (χ3n) is 6.84. The summed E-state index contributed by atoms with van der Waals surface area (Å²) in [5, 5.41) is 5.97. The summed E-state index contributed by atoms with van der Waals surface area (Å²) in [6.45, 7) is 9.67. The van der Waals surface area contributed by atoms with Crippen LogP contribution in [0.5, 0.6) is 0 Å². The van der Waals surface area contributed by atoms with Gasteiger partial charge in [-0.15, -0.1) is 0 Å². The van der Waals surface area contributed by atoms with Crippen LogP contribution >= 0.6 is 0 Å². The van der Waals surface area contributed by atoms with E-state index in [-0.39, 0.29) is 0 Å². The lowest BCUT2D eigenvalue weighted by molar-refractivity contribution is -0.0450. The van der Waals surface area contributed by atoms with E-state index in [0.717, 1.165) is 18.2 Å². The first-order valence-corrected chi connectivity index (χ1v) is 9.74. The molecule has 5 nitrogen and oxygen atoms in total. The van der Waals surface area contributed by atoms with Crippen molar-refractivity contribution in [1.29, 1.82) is 0 Å². The van der Waals surface area contributed by atoms with Crippen LogP contribution in [0, 0.1) is 16.7 Å². The van der Waals surface area contributed by atoms with E-state index in [1.54, 1.807) is 0 Å². The number of hydrogen-bond acceptors (Lipinski definition) is 4. The molecule has 0 aromatic heterocycles. The molecule has 3 rings (SSSR count). The Hall–Kier alpha value is -1.59. The Balaban J connectivity index is 1.25. The van der Waals surface area contributed by atoms with Gasteiger partial charge >= 0.3 is 6.09 Å². The van der Waals surface area contributed by atoms with Gasteiger partial charge in [0.15, 0.2) is 0 Å². The van der Waals surface area contributed by atoms with Crippen LogP contribution < -0.4 is 10.6 Å². The second-order valence-corrected chi connectivity index (χ2v) is 8.35. The van der Waals surface area contributed by atoms with Crippen molar-refractivity contribution in [1.82, 2.24) is 5.32 Å². The molecule has 2 aliphatic rings. The third-order valence-corrected chi connectivity index (χ3v) is 6.84. The fraction of sp³-hybridized carbons (Fsp3) is 0.667. The first kappa shape index (κ1) is 19.2. The highest BCUT2D eigenvalue weighted by molar-refractivity contribution is 5.84. The van der Waals surface area contributed by atoms with Crippen LogP contribution in [0.3, 0.4) is 0 Å². The predicted octanol–water partition coefficient (Wildman–Crippen LogP) is 4.06. The largest absolute Gasteiger partial charge is 0.448 e. The van der Waals surface area contributed by atoms with E-state index < -0.39 is 6.09 Å². The molecule has 5 heteroatoms. The minimum absolute atomic E-state index is 0.316. The van der Waals surface area contributed by atoms with Gasteiger partial charge in [0.2, 0.25) is 0 Å². The summed E-state index contributed by atoms with van der Waals surface area (Å²) in [7, 11) is 0. The fourth-order valence-corrected chi connectivity index (χ4v) is 4.67. The maximum Gasteiger partial charge on any atom is 0.411 e. The first-order valence-electron chi connectivity index (χ1n) is 9.74. The van der Waals surface area contributed by atoms with Gasteiger partial charge in [-0.2, -0.15) is 0 Å². The van der Waals surface area contributed by atoms with Gasteiger partial charge in [-0.05, 0) is 48.1 Å². The molecule has 0 radical (unpaired) electrons. The van der Waals surface area contributed by atoms with E-state index in [4.69, 9.17) is 9.47 Å². The van der Waals surface area contributed by atoms with Crippen LogP contribution in [0.1, 0.15) is 40.0 Å². The number of para-hydroxylation sites is 1. The summed E-state index contributed by atoms with van der Waals surface area (Å²) >= 11 is 0. The van der Waals surface area contributed by atoms with E-state index in [9.17, 15) is 4.79 Å². The molecule has 0 heterocycles. The standard InChI is InChI=1S/C21H32N2O3/c1-20(2)16-9-10-21(20,3)18(15-16)25-13-11-22-12-14-26-19(24)23-17-7-5-4-6-8-17/h4-8,16,18,22H,9-15H2,1-3H3,(H,23,24)/t16-,18+,21+/m0/s1. The number of carbonyl (C=O) groups excluding carboxylic acids is 1. The van der Waals surface area contributed by atoms with Crippen LogP contribution in [0.25, 0.3) is 0 Å². The van der Waals surface area contributed by atoms with Crippen molar-refractivity contribution in [2.24, 2.45) is 16.7 Å². The molecular formula is C21H32N2O3. The van der Waals surface area contributed by atoms with Crippen molar-refractivity contribution in [3.63, 3.8) is 0 Å². The first-order chi connectivity index (χ1) is 12.4. The zero-order valence-electron chi connectivity index (χ0n) is 16.2. The highest BCUT2D eigenvalue weighted by Gasteiger charge is 2.61. The summed E-state index contributed by atoms with van der Waals surface area (Å²) in [6, 6.07) is 9.30. The van der Waals surface area contributed by atoms with Gasteiger partial charge in [-0.3, -0.25) is 5.32 Å². The number of amides is 1. The van der Waals surface area contributed by atoms with Crippen molar-refractivity contribution in [2.75, 3.05) is 31.6 Å². The molecule has 1 aromatic carbocycles. The van der Waals surface area contributed by atoms with Gasteiger partial charge in [0, 0.05) is 18.8 Å². The molecular weight excluding hydrogens is 328 g/mol. The molecule has 144 valence electrons. The molecule has 3 atom stereocenters. The number of carbonyl (C=O) groups is 1. The Morgan fingerprint density at radius 2 is 1.88 bits per heavy atom. The molecule has 2 N–H and O–H groups in total. The lowest BCUT2D eigenvalue weighted by Crippen LogP contribution is -2.38. The van der Waals surface area contributed by atoms with E-state index >= 15 is 0 Å². The Morgan fingerprint density at radius 1 is 1.15 bits per heavy atom. The van der Waals surface area contributed by atoms with Gasteiger partial charge in [-0.1, -0.05) is 39.0 Å². The Morgan fingerprint density at radius 3 is 2.54 bits per heavy atom. The van der Waals surface area contributed by atoms with Crippen LogP contribution in [-0.2, 0) is 9.47 Å². The molecule has 1 aromatic rings. The molecule has 2 saturated carbocycles. The van der Waals surface area contributed by atoms with E-state index in [1.807, 2.05) is 30.3 Å². The molecule has 0 unspecified atom stereocenters. The summed E-state index contributed by atoms with van der Waals surface area (Å²) in [5.41, 5.74) is 1.45. The van der Waals surface area contributed by atoms with Crippen molar-refractivity contribution in [2.45, 2.75) is 46.1 Å². The van der Waals surface area contributed by atoms with Crippen molar-refractivity contribution >= 4 is 11.8 Å². The average molecular weight is 360 g/mol. The molecule has 2 bridgehead atoms. The Bertz CT molecular complexity index is 605. The number of ether oxygens (including phenoxy) is 2. The van der Waals surface area contributed by atoms with Gasteiger partial charge in [0.05, 0.1) is 12.7 Å². The number of hydrogen-bond donors (Lipinski definition) is 2. The maximum atomic E-state index is 11.7. The number of rotatable bonds is 8. The van der Waals surface area contributed by atoms with Gasteiger partial charge in [0.1, 0.15) is 6.61 Å². The molecule has 0 aliphatic heterocycles. The van der Waals surface area contributed by atoms with Crippen molar-refractivity contribution in [3.05, 3.63) is 30.3 Å². The second kappa shape index (κ2) is 7.97. The minimum atomic E-state index is -0.425. The van der Waals surface area contributed by atoms with Crippen LogP contribution in [-0.4, -0.2) is 38.5 Å². The van der Waals surface area contributed by atoms with Gasteiger partial charge in [-0.25, -0.2) is 4.79 Å². The smallest absolute Gasteiger partial charge is 0.411 e. The number of fused-ring (bicyclic) bond motifs is 2. The summed E-state index contributed by atoms with van der Waals surface area (Å²) in [4.78, 5) is 11.7. The molecule has 0 saturated heterocycles. The van der Waals surface area contributed by atoms with Gasteiger partial charge in [0.25, 0.3) is 0 Å². The number of nitrogens with one attached hydrogen (secondary N) is 2. The topological polar surface area (TPSA) is 59.6 Å². The number of anilines is 1. The molecule has 0 spiro atoms. The van der Waals surface area contributed by atoms with E-state index in [0.29, 0.717) is 36.7 Å². The van der Waals surface area contributed by atoms with E-state index in [2.05, 4.69) is 31.4 Å². The average Bonchev–Trinajstić information content (AvgIpc) is 2.95. The van der Waals surface area contributed by atoms with Crippen LogP contribution in [0.15, 0.2) is 30.3 Å². The maximum absolute atomic E-state index is 11.7. The fourth-order valence-electron chi connectivity index (χ4n) is 4.67. The van der Waals surface area contributed by atoms with Crippen LogP contribution in [0.4, 0.5) is 10.5 Å². The highest BCUT2D eigenvalue weighted by atomic mass is 16.5. The normalized spacial score (nSPS) is 28.9. The molecule has 2 fully saturated rings. The lowest BCUT2D eigenvalue weighted by atomic mass is 9.70. The molecule has 2 aliphatic carbocycles. The Kier molecular flexibility index (Phi) is 5.88. The zero-order valence-corrected chi connectivity index (χ0v) is 16.2. The quantitative estimate of drug-likeness (QED) is 0.687. The SMILES string of the molecule is CC1(C)[C@H]2CC[C@]1(C)[C@H](OCCNCCOC(=O)Nc1ccccc1)C2. The molecule has 26 heavy (non-hydrogen) atoms. The van der Waals surface area contributed by atoms with E-state index in [1.165, 1.54) is 19.3 Å². The van der Waals surface area contributed by atoms with Crippen molar-refractivity contribution < 1.29 is 14.3 Å². The zero-order chi connectivity index (χ0) is 18.6. The predicted molar refractivity (Wildman–Crippen MR) is 103 cm³/mol. The molecule has 1 amide bonds. The lowest BCUT2D eigenvalue weighted by Gasteiger charge is -2.38. The summed E-state index contributed by atoms with van der Waals surface area (Å²) in [5.74, 6) is 0.807. The van der Waals surface area contributed by atoms with Gasteiger partial charge < -0.3 is 14.8 Å². The van der Waals surface area contributed by atoms with Crippen LogP contribution in [0.2, 0.25) is 0 Å². The Labute approximate surface area is 156 Å².